The van der Waals surface area contributed by atoms with Crippen molar-refractivity contribution < 1.29 is 47.2 Å². The standard InChI is InChI=1S/C55H59N6O11P/c1-38(2)61(39(3)4)73(69-34-16-32-56)72-50-49-52(59-33-31-47(58-53(59)64)57-51(63)40-17-10-7-11-18-40)70-54(50,36-60(71-49)48(62)35-67-46-21-14-9-15-22-46)37-68-55(41-19-12-8-13-20-41,42-23-27-44(65-5)28-24-42)43-25-29-45(66-6)30-26-43/h7-15,17-31,33,38-39,49-50,52H,16,34-37H2,1-6H3,(H,57,58,63,64)/t49-,50+,52-,54-,73?/m1/s1. The first kappa shape index (κ1) is 52.3. The van der Waals surface area contributed by atoms with Crippen LogP contribution in [0.5, 0.6) is 17.2 Å². The molecule has 8 rings (SSSR count). The lowest BCUT2D eigenvalue weighted by atomic mass is 9.79. The lowest BCUT2D eigenvalue weighted by Gasteiger charge is -2.46. The number of methoxy groups -OCH3 is 2. The molecule has 3 heterocycles. The third kappa shape index (κ3) is 11.6. The van der Waals surface area contributed by atoms with E-state index in [1.54, 1.807) is 68.8 Å². The molecular formula is C55H59N6O11P. The number of ether oxygens (including phenoxy) is 5. The molecular weight excluding hydrogens is 952 g/mol. The smallest absolute Gasteiger partial charge is 0.351 e. The van der Waals surface area contributed by atoms with E-state index in [1.165, 1.54) is 21.9 Å². The van der Waals surface area contributed by atoms with Crippen molar-refractivity contribution in [3.05, 3.63) is 185 Å². The third-order valence-electron chi connectivity index (χ3n) is 12.5. The number of rotatable bonds is 22. The van der Waals surface area contributed by atoms with Crippen LogP contribution in [0.25, 0.3) is 0 Å². The van der Waals surface area contributed by atoms with Gasteiger partial charge >= 0.3 is 5.69 Å². The van der Waals surface area contributed by atoms with Crippen LogP contribution >= 0.6 is 8.53 Å². The monoisotopic (exact) mass is 1010 g/mol. The Bertz CT molecular complexity index is 2820. The summed E-state index contributed by atoms with van der Waals surface area (Å²) in [6, 6.07) is 45.7. The highest BCUT2D eigenvalue weighted by Gasteiger charge is 2.65. The van der Waals surface area contributed by atoms with Gasteiger partial charge in [-0.15, -0.1) is 0 Å². The Kier molecular flexibility index (Phi) is 17.0. The predicted molar refractivity (Wildman–Crippen MR) is 273 cm³/mol. The number of nitriles is 1. The van der Waals surface area contributed by atoms with Crippen LogP contribution in [0, 0.1) is 11.3 Å². The molecule has 0 spiro atoms. The molecule has 6 aromatic rings. The molecule has 2 amide bonds. The summed E-state index contributed by atoms with van der Waals surface area (Å²) >= 11 is 0. The molecule has 2 bridgehead atoms. The minimum Gasteiger partial charge on any atom is -0.497 e. The van der Waals surface area contributed by atoms with Gasteiger partial charge in [-0.2, -0.15) is 10.2 Å². The van der Waals surface area contributed by atoms with Gasteiger partial charge in [-0.25, -0.2) is 14.5 Å². The second-order valence-electron chi connectivity index (χ2n) is 17.9. The van der Waals surface area contributed by atoms with E-state index in [1.807, 2.05) is 113 Å². The zero-order valence-electron chi connectivity index (χ0n) is 41.5. The van der Waals surface area contributed by atoms with Gasteiger partial charge in [0.15, 0.2) is 18.9 Å². The van der Waals surface area contributed by atoms with E-state index in [9.17, 15) is 19.6 Å². The van der Waals surface area contributed by atoms with Gasteiger partial charge in [-0.05, 0) is 99.0 Å². The molecule has 0 radical (unpaired) electrons. The minimum atomic E-state index is -2.00. The fraction of sp³-hybridized carbons (Fsp3) is 0.327. The van der Waals surface area contributed by atoms with E-state index in [-0.39, 0.29) is 44.1 Å². The summed E-state index contributed by atoms with van der Waals surface area (Å²) in [5, 5.41) is 13.5. The molecule has 1 N–H and O–H groups in total. The average molecular weight is 1010 g/mol. The maximum absolute atomic E-state index is 14.5. The van der Waals surface area contributed by atoms with Gasteiger partial charge in [0.25, 0.3) is 20.3 Å². The van der Waals surface area contributed by atoms with Crippen molar-refractivity contribution in [3.8, 4) is 23.3 Å². The molecule has 0 saturated carbocycles. The average Bonchev–Trinajstić information content (AvgIpc) is 3.57. The van der Waals surface area contributed by atoms with Gasteiger partial charge in [0.1, 0.15) is 40.4 Å². The quantitative estimate of drug-likeness (QED) is 0.0387. The van der Waals surface area contributed by atoms with E-state index < -0.39 is 62.3 Å². The number of carbonyl (C=O) groups excluding carboxylic acids is 2. The Morgan fingerprint density at radius 2 is 1.40 bits per heavy atom. The van der Waals surface area contributed by atoms with E-state index >= 15 is 0 Å². The van der Waals surface area contributed by atoms with Crippen LogP contribution in [0.3, 0.4) is 0 Å². The van der Waals surface area contributed by atoms with Crippen molar-refractivity contribution in [1.29, 1.82) is 5.26 Å². The highest BCUT2D eigenvalue weighted by atomic mass is 31.2. The molecule has 2 aliphatic heterocycles. The molecule has 2 aliphatic rings. The van der Waals surface area contributed by atoms with Crippen molar-refractivity contribution in [2.45, 2.75) is 75.8 Å². The van der Waals surface area contributed by atoms with Gasteiger partial charge in [-0.1, -0.05) is 91.0 Å². The van der Waals surface area contributed by atoms with E-state index in [2.05, 4.69) is 21.0 Å². The van der Waals surface area contributed by atoms with Crippen LogP contribution in [0.2, 0.25) is 0 Å². The van der Waals surface area contributed by atoms with Crippen molar-refractivity contribution in [3.63, 3.8) is 0 Å². The number of anilines is 1. The van der Waals surface area contributed by atoms with Gasteiger partial charge in [-0.3, -0.25) is 19.0 Å². The number of carbonyl (C=O) groups is 2. The van der Waals surface area contributed by atoms with E-state index in [0.29, 0.717) is 22.8 Å². The molecule has 0 aliphatic carbocycles. The first-order valence-electron chi connectivity index (χ1n) is 23.9. The summed E-state index contributed by atoms with van der Waals surface area (Å²) in [6.45, 7) is 7.15. The first-order chi connectivity index (χ1) is 35.4. The fourth-order valence-electron chi connectivity index (χ4n) is 9.05. The zero-order chi connectivity index (χ0) is 51.5. The molecule has 380 valence electrons. The maximum Gasteiger partial charge on any atom is 0.351 e. The van der Waals surface area contributed by atoms with Gasteiger partial charge in [0.05, 0.1) is 46.5 Å². The van der Waals surface area contributed by atoms with Gasteiger partial charge in [0.2, 0.25) is 0 Å². The predicted octanol–water partition coefficient (Wildman–Crippen LogP) is 8.67. The number of hydrogen-bond acceptors (Lipinski definition) is 14. The highest BCUT2D eigenvalue weighted by molar-refractivity contribution is 7.44. The number of hydroxylamine groups is 2. The number of aromatic nitrogens is 2. The molecule has 73 heavy (non-hydrogen) atoms. The van der Waals surface area contributed by atoms with Gasteiger partial charge < -0.3 is 38.0 Å². The zero-order valence-corrected chi connectivity index (χ0v) is 42.4. The van der Waals surface area contributed by atoms with Gasteiger partial charge in [0, 0.05) is 23.8 Å². The number of hydrogen-bond donors (Lipinski definition) is 1. The van der Waals surface area contributed by atoms with Crippen molar-refractivity contribution in [2.24, 2.45) is 0 Å². The Labute approximate surface area is 426 Å². The minimum absolute atomic E-state index is 0.00301. The summed E-state index contributed by atoms with van der Waals surface area (Å²) in [6.07, 6.45) is -2.15. The normalized spacial score (nSPS) is 18.8. The molecule has 2 saturated heterocycles. The molecule has 1 aromatic heterocycles. The lowest BCUT2D eigenvalue weighted by molar-refractivity contribution is -0.261. The summed E-state index contributed by atoms with van der Waals surface area (Å²) in [5.74, 6) is 0.714. The Morgan fingerprint density at radius 3 is 1.96 bits per heavy atom. The van der Waals surface area contributed by atoms with Crippen LogP contribution in [-0.4, -0.2) is 102 Å². The molecule has 1 unspecified atom stereocenters. The van der Waals surface area contributed by atoms with Crippen LogP contribution in [0.4, 0.5) is 5.82 Å². The summed E-state index contributed by atoms with van der Waals surface area (Å²) < 4.78 is 49.1. The van der Waals surface area contributed by atoms with Crippen LogP contribution in [-0.2, 0) is 33.8 Å². The second kappa shape index (κ2) is 23.7. The number of nitrogens with zero attached hydrogens (tertiary/aromatic N) is 5. The van der Waals surface area contributed by atoms with E-state index in [0.717, 1.165) is 16.7 Å². The number of fused-ring (bicyclic) bond motifs is 2. The van der Waals surface area contributed by atoms with Crippen molar-refractivity contribution in [2.75, 3.05) is 45.9 Å². The van der Waals surface area contributed by atoms with Crippen molar-refractivity contribution >= 4 is 26.2 Å². The Balaban J connectivity index is 1.29. The Hall–Kier alpha value is -7.00. The third-order valence-corrected chi connectivity index (χ3v) is 14.6. The lowest BCUT2D eigenvalue weighted by Crippen LogP contribution is -2.63. The molecule has 5 atom stereocenters. The van der Waals surface area contributed by atoms with Crippen LogP contribution in [0.1, 0.15) is 67.4 Å². The first-order valence-corrected chi connectivity index (χ1v) is 25.0. The topological polar surface area (TPSA) is 185 Å². The van der Waals surface area contributed by atoms with E-state index in [4.69, 9.17) is 37.6 Å². The Morgan fingerprint density at radius 1 is 0.822 bits per heavy atom. The highest BCUT2D eigenvalue weighted by Crippen LogP contribution is 2.55. The summed E-state index contributed by atoms with van der Waals surface area (Å²) in [5.41, 5.74) is -1.26. The van der Waals surface area contributed by atoms with Crippen LogP contribution in [0.15, 0.2) is 157 Å². The maximum atomic E-state index is 14.5. The summed E-state index contributed by atoms with van der Waals surface area (Å²) in [7, 11) is 1.19. The number of amides is 2. The number of para-hydroxylation sites is 1. The number of nitrogens with one attached hydrogen (secondary N) is 1. The van der Waals surface area contributed by atoms with Crippen molar-refractivity contribution in [1.82, 2.24) is 19.3 Å². The summed E-state index contributed by atoms with van der Waals surface area (Å²) in [4.78, 5) is 53.1. The SMILES string of the molecule is COc1ccc(C(OC[C@@]23CN(C(=O)COc4ccccc4)O[C@@H]([C@H](n4ccc(NC(=O)c5ccccc5)nc4=O)O2)[C@@H]3OP(OCCC#N)N(C(C)C)C(C)C)(c2ccccc2)c2ccc(OC)cc2)cc1. The molecule has 18 heteroatoms. The number of benzene rings is 5. The second-order valence-corrected chi connectivity index (χ2v) is 19.3. The van der Waals surface area contributed by atoms with Crippen LogP contribution < -0.4 is 25.2 Å². The largest absolute Gasteiger partial charge is 0.497 e. The molecule has 2 fully saturated rings. The molecule has 17 nitrogen and oxygen atoms in total. The fourth-order valence-corrected chi connectivity index (χ4v) is 10.9. The molecule has 5 aromatic carbocycles.